The molecule has 1 aromatic heterocycles. The molecule has 0 aliphatic heterocycles. The Kier molecular flexibility index (Phi) is 24.1. The van der Waals surface area contributed by atoms with Crippen LogP contribution in [-0.2, 0) is 54.4 Å². The van der Waals surface area contributed by atoms with Crippen LogP contribution in [0.3, 0.4) is 0 Å². The minimum absolute atomic E-state index is 0.0226. The molecule has 1 aromatic carbocycles. The maximum atomic E-state index is 13.6. The summed E-state index contributed by atoms with van der Waals surface area (Å²) in [6, 6.07) is -3.00. The van der Waals surface area contributed by atoms with Crippen LogP contribution in [0.15, 0.2) is 35.5 Å². The van der Waals surface area contributed by atoms with Gasteiger partial charge < -0.3 is 79.8 Å². The van der Waals surface area contributed by atoms with Crippen molar-refractivity contribution >= 4 is 76.1 Å². The number of carboxylic acids is 3. The van der Waals surface area contributed by atoms with Gasteiger partial charge in [-0.25, -0.2) is 4.79 Å². The number of aliphatic imine (C=N–C) groups is 1. The second-order valence-corrected chi connectivity index (χ2v) is 17.1. The molecule has 69 heavy (non-hydrogen) atoms. The zero-order valence-corrected chi connectivity index (χ0v) is 38.9. The molecular formula is C43H66N12O14. The number of aromatic nitrogens is 1. The quantitative estimate of drug-likeness (QED) is 0.0199. The number of rotatable bonds is 31. The molecule has 0 aliphatic rings. The van der Waals surface area contributed by atoms with Crippen molar-refractivity contribution in [1.82, 2.24) is 42.2 Å². The highest BCUT2D eigenvalue weighted by Gasteiger charge is 2.33. The number of hydrogen-bond acceptors (Lipinski definition) is 13. The number of guanidine groups is 1. The zero-order chi connectivity index (χ0) is 52.0. The molecule has 0 unspecified atom stereocenters. The maximum absolute atomic E-state index is 13.6. The van der Waals surface area contributed by atoms with Crippen LogP contribution < -0.4 is 54.4 Å². The Hall–Kier alpha value is -7.35. The van der Waals surface area contributed by atoms with E-state index in [1.165, 1.54) is 0 Å². The van der Waals surface area contributed by atoms with Crippen LogP contribution >= 0.6 is 0 Å². The van der Waals surface area contributed by atoms with E-state index in [1.54, 1.807) is 33.9 Å². The summed E-state index contributed by atoms with van der Waals surface area (Å²) in [6.45, 7) is 5.01. The normalized spacial score (nSPS) is 14.1. The summed E-state index contributed by atoms with van der Waals surface area (Å²) in [5.74, 6) is -12.0. The van der Waals surface area contributed by atoms with E-state index in [2.05, 4.69) is 47.2 Å². The molecule has 0 saturated heterocycles. The molecule has 0 aliphatic carbocycles. The number of hydrogen-bond donors (Lipinski definition) is 15. The van der Waals surface area contributed by atoms with Gasteiger partial charge in [0.05, 0.1) is 25.6 Å². The molecule has 2 rings (SSSR count). The third-order valence-electron chi connectivity index (χ3n) is 10.2. The van der Waals surface area contributed by atoms with Gasteiger partial charge in [-0.2, -0.15) is 0 Å². The number of aromatic amines is 1. The molecule has 0 radical (unpaired) electrons. The largest absolute Gasteiger partial charge is 0.481 e. The molecule has 0 fully saturated rings. The number of carbonyl (C=O) groups is 10. The van der Waals surface area contributed by atoms with Gasteiger partial charge in [0.15, 0.2) is 5.96 Å². The summed E-state index contributed by atoms with van der Waals surface area (Å²) in [7, 11) is 0. The third kappa shape index (κ3) is 21.0. The summed E-state index contributed by atoms with van der Waals surface area (Å²) in [5.41, 5.74) is 18.4. The van der Waals surface area contributed by atoms with Crippen molar-refractivity contribution in [3.8, 4) is 0 Å². The molecule has 0 saturated carbocycles. The van der Waals surface area contributed by atoms with E-state index >= 15 is 0 Å². The maximum Gasteiger partial charge on any atom is 0.326 e. The second-order valence-electron chi connectivity index (χ2n) is 17.1. The Labute approximate surface area is 397 Å². The van der Waals surface area contributed by atoms with Crippen LogP contribution in [0.1, 0.15) is 78.2 Å². The Bertz CT molecular complexity index is 2160. The fourth-order valence-electron chi connectivity index (χ4n) is 6.82. The number of para-hydroxylation sites is 1. The number of nitrogens with two attached hydrogens (primary N) is 3. The summed E-state index contributed by atoms with van der Waals surface area (Å²) in [4.78, 5) is 135. The van der Waals surface area contributed by atoms with Gasteiger partial charge in [0, 0.05) is 30.1 Å². The SMILES string of the molecule is CC(C)C[C@H](NC(=O)[C@H](CO)NC(=O)[C@H](CC(=O)O)NC(=O)CNC(=O)[C@H](CCC(=O)O)NC(=O)[C@H](CC(C)C)NC(=O)[C@@H](N)Cc1c[nH]c2ccccc12)C(=O)N[C@@H](CCCN=C(N)N)C(=O)O. The lowest BCUT2D eigenvalue weighted by atomic mass is 10.0. The first kappa shape index (κ1) is 57.8. The Morgan fingerprint density at radius 1 is 0.652 bits per heavy atom. The number of H-pyrrole nitrogens is 1. The highest BCUT2D eigenvalue weighted by molar-refractivity contribution is 5.98. The van der Waals surface area contributed by atoms with Gasteiger partial charge in [0.1, 0.15) is 36.3 Å². The third-order valence-corrected chi connectivity index (χ3v) is 10.2. The minimum atomic E-state index is -1.91. The number of nitrogens with one attached hydrogen (secondary N) is 8. The van der Waals surface area contributed by atoms with Gasteiger partial charge in [-0.15, -0.1) is 0 Å². The van der Waals surface area contributed by atoms with Gasteiger partial charge in [0.2, 0.25) is 41.4 Å². The Balaban J connectivity index is 2.13. The van der Waals surface area contributed by atoms with E-state index in [0.717, 1.165) is 16.5 Å². The van der Waals surface area contributed by atoms with E-state index in [4.69, 9.17) is 17.2 Å². The fraction of sp³-hybridized carbons (Fsp3) is 0.558. The number of aliphatic carboxylic acids is 3. The van der Waals surface area contributed by atoms with Crippen molar-refractivity contribution in [2.45, 2.75) is 121 Å². The molecule has 2 aromatic rings. The van der Waals surface area contributed by atoms with Crippen molar-refractivity contribution in [3.05, 3.63) is 36.0 Å². The van der Waals surface area contributed by atoms with Crippen molar-refractivity contribution in [2.24, 2.45) is 34.0 Å². The molecule has 26 nitrogen and oxygen atoms in total. The molecule has 1 heterocycles. The molecular weight excluding hydrogens is 909 g/mol. The van der Waals surface area contributed by atoms with E-state index in [1.807, 2.05) is 24.3 Å². The van der Waals surface area contributed by atoms with Crippen molar-refractivity contribution < 1.29 is 68.4 Å². The molecule has 0 bridgehead atoms. The summed E-state index contributed by atoms with van der Waals surface area (Å²) in [5, 5.41) is 55.5. The van der Waals surface area contributed by atoms with Crippen LogP contribution in [0, 0.1) is 11.8 Å². The zero-order valence-electron chi connectivity index (χ0n) is 38.9. The molecule has 7 amide bonds. The predicted molar refractivity (Wildman–Crippen MR) is 247 cm³/mol. The number of aliphatic hydroxyl groups excluding tert-OH is 1. The molecule has 382 valence electrons. The van der Waals surface area contributed by atoms with Crippen LogP contribution in [0.4, 0.5) is 0 Å². The summed E-state index contributed by atoms with van der Waals surface area (Å²) in [6.07, 6.45) is -0.148. The Morgan fingerprint density at radius 2 is 1.19 bits per heavy atom. The number of aliphatic hydroxyl groups is 1. The van der Waals surface area contributed by atoms with Crippen LogP contribution in [0.25, 0.3) is 10.9 Å². The lowest BCUT2D eigenvalue weighted by molar-refractivity contribution is -0.142. The topological polar surface area (TPSA) is 442 Å². The monoisotopic (exact) mass is 974 g/mol. The lowest BCUT2D eigenvalue weighted by Gasteiger charge is -2.26. The average molecular weight is 975 g/mol. The number of nitrogens with zero attached hydrogens (tertiary/aromatic N) is 1. The van der Waals surface area contributed by atoms with E-state index in [9.17, 15) is 68.4 Å². The molecule has 26 heteroatoms. The lowest BCUT2D eigenvalue weighted by Crippen LogP contribution is -2.59. The Morgan fingerprint density at radius 3 is 1.74 bits per heavy atom. The number of carboxylic acid groups (broad SMARTS) is 3. The van der Waals surface area contributed by atoms with Crippen LogP contribution in [-0.4, -0.2) is 153 Å². The smallest absolute Gasteiger partial charge is 0.326 e. The van der Waals surface area contributed by atoms with E-state index < -0.39 is 134 Å². The van der Waals surface area contributed by atoms with Gasteiger partial charge in [-0.05, 0) is 62.0 Å². The van der Waals surface area contributed by atoms with Gasteiger partial charge >= 0.3 is 17.9 Å². The van der Waals surface area contributed by atoms with Crippen molar-refractivity contribution in [1.29, 1.82) is 0 Å². The summed E-state index contributed by atoms with van der Waals surface area (Å²) < 4.78 is 0. The van der Waals surface area contributed by atoms with Crippen molar-refractivity contribution in [3.63, 3.8) is 0 Å². The first-order chi connectivity index (χ1) is 32.4. The van der Waals surface area contributed by atoms with Gasteiger partial charge in [-0.1, -0.05) is 45.9 Å². The highest BCUT2D eigenvalue weighted by Crippen LogP contribution is 2.19. The first-order valence-corrected chi connectivity index (χ1v) is 22.1. The van der Waals surface area contributed by atoms with E-state index in [-0.39, 0.29) is 56.4 Å². The molecule has 7 atom stereocenters. The average Bonchev–Trinajstić information content (AvgIpc) is 3.67. The van der Waals surface area contributed by atoms with Crippen LogP contribution in [0.5, 0.6) is 0 Å². The number of fused-ring (bicyclic) bond motifs is 1. The van der Waals surface area contributed by atoms with Gasteiger partial charge in [-0.3, -0.25) is 48.1 Å². The first-order valence-electron chi connectivity index (χ1n) is 22.1. The van der Waals surface area contributed by atoms with Crippen molar-refractivity contribution in [2.75, 3.05) is 19.7 Å². The van der Waals surface area contributed by atoms with Crippen LogP contribution in [0.2, 0.25) is 0 Å². The molecule has 18 N–H and O–H groups in total. The van der Waals surface area contributed by atoms with E-state index in [0.29, 0.717) is 0 Å². The predicted octanol–water partition coefficient (Wildman–Crippen LogP) is -3.38. The number of benzene rings is 1. The highest BCUT2D eigenvalue weighted by atomic mass is 16.4. The number of amides is 7. The minimum Gasteiger partial charge on any atom is -0.481 e. The fourth-order valence-corrected chi connectivity index (χ4v) is 6.82. The summed E-state index contributed by atoms with van der Waals surface area (Å²) >= 11 is 0. The number of carbonyl (C=O) groups excluding carboxylic acids is 7. The van der Waals surface area contributed by atoms with Gasteiger partial charge in [0.25, 0.3) is 0 Å². The second kappa shape index (κ2) is 28.7. The standard InChI is InChI=1S/C43H66N12O14/c1-21(2)14-29(53-36(62)25(44)16-23-18-48-26-9-6-5-8-24(23)26)38(64)51-27(11-12-34(58)59)37(63)49-19-33(57)50-31(17-35(60)61)40(66)55-32(20-56)41(67)54-30(15-22(3)4)39(65)52-28(42(68)69)10-7-13-47-43(45)46/h5-6,8-9,18,21-22,25,27-32,48,56H,7,10-17,19-20,44H2,1-4H3,(H,49,63)(H,50,57)(H,51,64)(H,52,65)(H,53,62)(H,54,67)(H,55,66)(H,58,59)(H,60,61)(H,68,69)(H4,45,46,47)/t25-,27-,28-,29-,30-,31-,32-/m0/s1. The molecule has 0 spiro atoms.